The molecule has 0 spiro atoms. The smallest absolute Gasteiger partial charge is 0.285 e. The third-order valence-electron chi connectivity index (χ3n) is 3.74. The standard InChI is InChI=1S/C18H21ClN2O/c1-13(15-11-7-8-12-16(15)19)20-17(18(22)21(2)3)14-9-5-4-6-10-14/h4-13,17,20H,1-3H3/p+1/t13-,17-/m0/s1. The molecule has 0 aliphatic carbocycles. The van der Waals surface area contributed by atoms with E-state index in [4.69, 9.17) is 11.6 Å². The van der Waals surface area contributed by atoms with Gasteiger partial charge in [0.15, 0.2) is 6.04 Å². The number of quaternary nitrogens is 1. The molecule has 0 bridgehead atoms. The summed E-state index contributed by atoms with van der Waals surface area (Å²) in [5.74, 6) is 0.0742. The molecule has 0 aromatic heterocycles. The maximum absolute atomic E-state index is 12.6. The molecule has 0 radical (unpaired) electrons. The summed E-state index contributed by atoms with van der Waals surface area (Å²) in [5, 5.41) is 2.80. The SMILES string of the molecule is C[C@H]([NH2+][C@H](C(=O)N(C)C)c1ccccc1)c1ccccc1Cl. The largest absolute Gasteiger partial charge is 0.343 e. The van der Waals surface area contributed by atoms with Gasteiger partial charge in [0.25, 0.3) is 5.91 Å². The van der Waals surface area contributed by atoms with Crippen LogP contribution in [0.25, 0.3) is 0 Å². The summed E-state index contributed by atoms with van der Waals surface area (Å²) in [6.07, 6.45) is 0. The van der Waals surface area contributed by atoms with Crippen LogP contribution >= 0.6 is 11.6 Å². The van der Waals surface area contributed by atoms with Crippen molar-refractivity contribution in [3.63, 3.8) is 0 Å². The fourth-order valence-corrected chi connectivity index (χ4v) is 2.82. The van der Waals surface area contributed by atoms with Crippen molar-refractivity contribution in [3.05, 3.63) is 70.7 Å². The second-order valence-electron chi connectivity index (χ2n) is 5.62. The lowest BCUT2D eigenvalue weighted by Crippen LogP contribution is -2.88. The van der Waals surface area contributed by atoms with E-state index in [1.165, 1.54) is 0 Å². The number of benzene rings is 2. The quantitative estimate of drug-likeness (QED) is 0.904. The van der Waals surface area contributed by atoms with Gasteiger partial charge < -0.3 is 10.2 Å². The van der Waals surface area contributed by atoms with E-state index in [1.807, 2.05) is 54.6 Å². The van der Waals surface area contributed by atoms with Gasteiger partial charge in [-0.05, 0) is 13.0 Å². The summed E-state index contributed by atoms with van der Waals surface area (Å²) in [7, 11) is 3.57. The fourth-order valence-electron chi connectivity index (χ4n) is 2.51. The molecular weight excluding hydrogens is 296 g/mol. The molecule has 2 atom stereocenters. The number of carbonyl (C=O) groups excluding carboxylic acids is 1. The zero-order chi connectivity index (χ0) is 16.1. The molecule has 4 heteroatoms. The van der Waals surface area contributed by atoms with Crippen LogP contribution in [0.4, 0.5) is 0 Å². The van der Waals surface area contributed by atoms with Gasteiger partial charge in [-0.25, -0.2) is 0 Å². The Bertz CT molecular complexity index is 628. The van der Waals surface area contributed by atoms with Gasteiger partial charge in [-0.3, -0.25) is 4.79 Å². The van der Waals surface area contributed by atoms with Gasteiger partial charge in [0.2, 0.25) is 0 Å². The molecule has 0 unspecified atom stereocenters. The van der Waals surface area contributed by atoms with Crippen LogP contribution in [-0.2, 0) is 4.79 Å². The van der Waals surface area contributed by atoms with Crippen LogP contribution in [0.3, 0.4) is 0 Å². The number of nitrogens with two attached hydrogens (primary N) is 1. The molecule has 0 aliphatic rings. The zero-order valence-electron chi connectivity index (χ0n) is 13.2. The van der Waals surface area contributed by atoms with Crippen molar-refractivity contribution in [1.29, 1.82) is 0 Å². The van der Waals surface area contributed by atoms with Crippen LogP contribution in [0, 0.1) is 0 Å². The van der Waals surface area contributed by atoms with Gasteiger partial charge in [-0.1, -0.05) is 60.1 Å². The zero-order valence-corrected chi connectivity index (χ0v) is 13.9. The van der Waals surface area contributed by atoms with E-state index in [0.717, 1.165) is 16.1 Å². The molecule has 0 heterocycles. The minimum Gasteiger partial charge on any atom is -0.343 e. The first-order chi connectivity index (χ1) is 10.5. The number of halogens is 1. The van der Waals surface area contributed by atoms with E-state index in [0.29, 0.717) is 0 Å². The van der Waals surface area contributed by atoms with Crippen molar-refractivity contribution in [2.24, 2.45) is 0 Å². The lowest BCUT2D eigenvalue weighted by atomic mass is 10.0. The van der Waals surface area contributed by atoms with Crippen molar-refractivity contribution in [1.82, 2.24) is 4.90 Å². The van der Waals surface area contributed by atoms with Gasteiger partial charge >= 0.3 is 0 Å². The molecule has 0 saturated heterocycles. The van der Waals surface area contributed by atoms with E-state index in [2.05, 4.69) is 12.2 Å². The Morgan fingerprint density at radius 2 is 1.64 bits per heavy atom. The van der Waals surface area contributed by atoms with Gasteiger partial charge in [0.1, 0.15) is 6.04 Å². The van der Waals surface area contributed by atoms with Crippen LogP contribution < -0.4 is 5.32 Å². The molecule has 3 nitrogen and oxygen atoms in total. The summed E-state index contributed by atoms with van der Waals surface area (Å²) >= 11 is 6.28. The molecule has 2 aromatic rings. The lowest BCUT2D eigenvalue weighted by molar-refractivity contribution is -0.719. The number of amides is 1. The normalized spacial score (nSPS) is 13.5. The summed E-state index contributed by atoms with van der Waals surface area (Å²) in [4.78, 5) is 14.2. The van der Waals surface area contributed by atoms with Crippen molar-refractivity contribution in [2.75, 3.05) is 14.1 Å². The van der Waals surface area contributed by atoms with Crippen molar-refractivity contribution in [3.8, 4) is 0 Å². The Morgan fingerprint density at radius 3 is 2.23 bits per heavy atom. The molecule has 116 valence electrons. The molecule has 2 N–H and O–H groups in total. The van der Waals surface area contributed by atoms with Crippen molar-refractivity contribution in [2.45, 2.75) is 19.0 Å². The second kappa shape index (κ2) is 7.43. The number of nitrogens with zero attached hydrogens (tertiary/aromatic N) is 1. The highest BCUT2D eigenvalue weighted by molar-refractivity contribution is 6.31. The number of likely N-dealkylation sites (N-methyl/N-ethyl adjacent to an activating group) is 1. The van der Waals surface area contributed by atoms with E-state index in [-0.39, 0.29) is 18.0 Å². The van der Waals surface area contributed by atoms with Crippen LogP contribution in [0.2, 0.25) is 5.02 Å². The molecular formula is C18H22ClN2O+. The third-order valence-corrected chi connectivity index (χ3v) is 4.09. The Labute approximate surface area is 136 Å². The molecule has 1 amide bonds. The van der Waals surface area contributed by atoms with Gasteiger partial charge in [0, 0.05) is 30.2 Å². The van der Waals surface area contributed by atoms with E-state index >= 15 is 0 Å². The average Bonchev–Trinajstić information content (AvgIpc) is 2.53. The van der Waals surface area contributed by atoms with Crippen LogP contribution in [0.1, 0.15) is 30.1 Å². The average molecular weight is 318 g/mol. The predicted molar refractivity (Wildman–Crippen MR) is 89.7 cm³/mol. The first-order valence-corrected chi connectivity index (χ1v) is 7.74. The Kier molecular flexibility index (Phi) is 5.58. The molecule has 22 heavy (non-hydrogen) atoms. The minimum absolute atomic E-state index is 0.0742. The molecule has 0 fully saturated rings. The predicted octanol–water partition coefficient (Wildman–Crippen LogP) is 2.79. The summed E-state index contributed by atoms with van der Waals surface area (Å²) in [5.41, 5.74) is 2.04. The first-order valence-electron chi connectivity index (χ1n) is 7.36. The summed E-state index contributed by atoms with van der Waals surface area (Å²) < 4.78 is 0. The highest BCUT2D eigenvalue weighted by atomic mass is 35.5. The Morgan fingerprint density at radius 1 is 1.05 bits per heavy atom. The maximum Gasteiger partial charge on any atom is 0.285 e. The highest BCUT2D eigenvalue weighted by Crippen LogP contribution is 2.21. The number of rotatable bonds is 5. The van der Waals surface area contributed by atoms with Gasteiger partial charge in [-0.2, -0.15) is 0 Å². The van der Waals surface area contributed by atoms with E-state index < -0.39 is 0 Å². The van der Waals surface area contributed by atoms with Crippen LogP contribution in [-0.4, -0.2) is 24.9 Å². The second-order valence-corrected chi connectivity index (χ2v) is 6.03. The Balaban J connectivity index is 2.27. The van der Waals surface area contributed by atoms with Crippen molar-refractivity contribution >= 4 is 17.5 Å². The minimum atomic E-state index is -0.275. The fraction of sp³-hybridized carbons (Fsp3) is 0.278. The van der Waals surface area contributed by atoms with Gasteiger partial charge in [-0.15, -0.1) is 0 Å². The maximum atomic E-state index is 12.6. The molecule has 0 saturated carbocycles. The number of hydrogen-bond donors (Lipinski definition) is 1. The third kappa shape index (κ3) is 3.87. The first kappa shape index (κ1) is 16.5. The van der Waals surface area contributed by atoms with E-state index in [1.54, 1.807) is 19.0 Å². The van der Waals surface area contributed by atoms with Crippen LogP contribution in [0.5, 0.6) is 0 Å². The van der Waals surface area contributed by atoms with Gasteiger partial charge in [0.05, 0.1) is 0 Å². The molecule has 2 rings (SSSR count). The van der Waals surface area contributed by atoms with E-state index in [9.17, 15) is 4.79 Å². The number of carbonyl (C=O) groups is 1. The monoisotopic (exact) mass is 317 g/mol. The molecule has 2 aromatic carbocycles. The summed E-state index contributed by atoms with van der Waals surface area (Å²) in [6, 6.07) is 17.4. The number of hydrogen-bond acceptors (Lipinski definition) is 1. The highest BCUT2D eigenvalue weighted by Gasteiger charge is 2.28. The lowest BCUT2D eigenvalue weighted by Gasteiger charge is -2.23. The van der Waals surface area contributed by atoms with Crippen LogP contribution in [0.15, 0.2) is 54.6 Å². The van der Waals surface area contributed by atoms with Crippen molar-refractivity contribution < 1.29 is 10.1 Å². The topological polar surface area (TPSA) is 36.9 Å². The summed E-state index contributed by atoms with van der Waals surface area (Å²) in [6.45, 7) is 2.07. The molecule has 0 aliphatic heterocycles. The Hall–Kier alpha value is -1.84.